The molecular formula is C14H12N4OS. The fourth-order valence-electron chi connectivity index (χ4n) is 1.85. The van der Waals surface area contributed by atoms with E-state index in [-0.39, 0.29) is 5.56 Å². The van der Waals surface area contributed by atoms with Gasteiger partial charge in [0, 0.05) is 18.1 Å². The van der Waals surface area contributed by atoms with Gasteiger partial charge >= 0.3 is 0 Å². The molecule has 0 spiro atoms. The zero-order chi connectivity index (χ0) is 13.9. The second-order valence-corrected chi connectivity index (χ2v) is 5.17. The molecule has 3 aromatic rings. The molecule has 3 rings (SSSR count). The number of para-hydroxylation sites is 1. The van der Waals surface area contributed by atoms with Crippen molar-refractivity contribution in [3.05, 3.63) is 64.7 Å². The number of rotatable bonds is 3. The zero-order valence-electron chi connectivity index (χ0n) is 10.6. The molecule has 0 saturated carbocycles. The number of hydrogen-bond donors (Lipinski definition) is 1. The number of nitrogen functional groups attached to an aromatic ring is 1. The van der Waals surface area contributed by atoms with Crippen LogP contribution < -0.4 is 11.4 Å². The highest BCUT2D eigenvalue weighted by Gasteiger charge is 2.09. The second kappa shape index (κ2) is 5.34. The first kappa shape index (κ1) is 12.7. The Morgan fingerprint density at radius 1 is 1.15 bits per heavy atom. The van der Waals surface area contributed by atoms with Crippen LogP contribution in [0.25, 0.3) is 10.9 Å². The monoisotopic (exact) mass is 284 g/mol. The molecule has 0 aliphatic carbocycles. The highest BCUT2D eigenvalue weighted by atomic mass is 32.2. The van der Waals surface area contributed by atoms with Crippen molar-refractivity contribution in [2.75, 3.05) is 5.84 Å². The van der Waals surface area contributed by atoms with Gasteiger partial charge in [-0.25, -0.2) is 9.66 Å². The summed E-state index contributed by atoms with van der Waals surface area (Å²) in [6, 6.07) is 11.0. The number of nitrogens with zero attached hydrogens (tertiary/aromatic N) is 3. The largest absolute Gasteiger partial charge is 0.334 e. The molecule has 0 fully saturated rings. The van der Waals surface area contributed by atoms with E-state index in [9.17, 15) is 4.79 Å². The lowest BCUT2D eigenvalue weighted by molar-refractivity contribution is 0.779. The highest BCUT2D eigenvalue weighted by molar-refractivity contribution is 7.98. The summed E-state index contributed by atoms with van der Waals surface area (Å²) in [4.78, 5) is 20.5. The maximum Gasteiger partial charge on any atom is 0.280 e. The quantitative estimate of drug-likeness (QED) is 0.451. The summed E-state index contributed by atoms with van der Waals surface area (Å²) in [7, 11) is 0. The number of hydrogen-bond acceptors (Lipinski definition) is 5. The smallest absolute Gasteiger partial charge is 0.280 e. The Morgan fingerprint density at radius 2 is 1.90 bits per heavy atom. The van der Waals surface area contributed by atoms with Crippen LogP contribution in [-0.2, 0) is 5.75 Å². The van der Waals surface area contributed by atoms with Crippen LogP contribution in [0.2, 0.25) is 0 Å². The summed E-state index contributed by atoms with van der Waals surface area (Å²) >= 11 is 1.43. The molecule has 20 heavy (non-hydrogen) atoms. The van der Waals surface area contributed by atoms with E-state index in [0.717, 1.165) is 10.2 Å². The van der Waals surface area contributed by atoms with Gasteiger partial charge in [0.15, 0.2) is 5.16 Å². The van der Waals surface area contributed by atoms with E-state index in [1.807, 2.05) is 24.3 Å². The average molecular weight is 284 g/mol. The summed E-state index contributed by atoms with van der Waals surface area (Å²) in [5.41, 5.74) is 1.54. The van der Waals surface area contributed by atoms with Crippen LogP contribution in [0, 0.1) is 0 Å². The molecule has 0 bridgehead atoms. The Hall–Kier alpha value is -2.34. The minimum absolute atomic E-state index is 0.229. The lowest BCUT2D eigenvalue weighted by Crippen LogP contribution is -2.29. The third-order valence-electron chi connectivity index (χ3n) is 2.89. The number of thioether (sulfide) groups is 1. The van der Waals surface area contributed by atoms with Crippen molar-refractivity contribution in [2.24, 2.45) is 0 Å². The molecule has 2 N–H and O–H groups in total. The number of aromatic nitrogens is 3. The maximum atomic E-state index is 12.1. The van der Waals surface area contributed by atoms with Gasteiger partial charge in [-0.2, -0.15) is 0 Å². The zero-order valence-corrected chi connectivity index (χ0v) is 11.4. The fraction of sp³-hybridized carbons (Fsp3) is 0.0714. The van der Waals surface area contributed by atoms with Crippen molar-refractivity contribution in [2.45, 2.75) is 10.9 Å². The van der Waals surface area contributed by atoms with E-state index in [4.69, 9.17) is 5.84 Å². The van der Waals surface area contributed by atoms with Crippen LogP contribution in [0.5, 0.6) is 0 Å². The fourth-order valence-corrected chi connectivity index (χ4v) is 2.73. The molecule has 6 heteroatoms. The maximum absolute atomic E-state index is 12.1. The predicted molar refractivity (Wildman–Crippen MR) is 80.0 cm³/mol. The number of pyridine rings is 1. The van der Waals surface area contributed by atoms with E-state index in [2.05, 4.69) is 9.97 Å². The summed E-state index contributed by atoms with van der Waals surface area (Å²) in [5, 5.41) is 1.04. The average Bonchev–Trinajstić information content (AvgIpc) is 2.50. The van der Waals surface area contributed by atoms with Crippen LogP contribution in [0.15, 0.2) is 58.7 Å². The third-order valence-corrected chi connectivity index (χ3v) is 3.92. The molecular weight excluding hydrogens is 272 g/mol. The Bertz CT molecular complexity index is 801. The molecule has 1 aromatic carbocycles. The number of fused-ring (bicyclic) bond motifs is 1. The first-order valence-corrected chi connectivity index (χ1v) is 7.03. The molecule has 0 atom stereocenters. The highest BCUT2D eigenvalue weighted by Crippen LogP contribution is 2.20. The molecule has 5 nitrogen and oxygen atoms in total. The van der Waals surface area contributed by atoms with E-state index in [1.165, 1.54) is 11.8 Å². The first-order valence-electron chi connectivity index (χ1n) is 6.04. The number of nitrogens with two attached hydrogens (primary N) is 1. The van der Waals surface area contributed by atoms with Crippen LogP contribution in [0.1, 0.15) is 5.56 Å². The van der Waals surface area contributed by atoms with Gasteiger partial charge in [-0.1, -0.05) is 23.9 Å². The summed E-state index contributed by atoms with van der Waals surface area (Å²) in [6.45, 7) is 0. The molecule has 0 radical (unpaired) electrons. The van der Waals surface area contributed by atoms with Gasteiger partial charge < -0.3 is 5.84 Å². The molecule has 0 amide bonds. The van der Waals surface area contributed by atoms with E-state index in [1.54, 1.807) is 24.5 Å². The van der Waals surface area contributed by atoms with Crippen molar-refractivity contribution >= 4 is 22.7 Å². The van der Waals surface area contributed by atoms with Crippen LogP contribution in [0.3, 0.4) is 0 Å². The normalized spacial score (nSPS) is 10.8. The van der Waals surface area contributed by atoms with Crippen LogP contribution in [0.4, 0.5) is 0 Å². The van der Waals surface area contributed by atoms with E-state index >= 15 is 0 Å². The minimum Gasteiger partial charge on any atom is -0.334 e. The van der Waals surface area contributed by atoms with Gasteiger partial charge in [-0.3, -0.25) is 9.78 Å². The molecule has 0 aliphatic rings. The van der Waals surface area contributed by atoms with Crippen LogP contribution in [-0.4, -0.2) is 14.6 Å². The van der Waals surface area contributed by atoms with Gasteiger partial charge in [0.25, 0.3) is 5.56 Å². The molecule has 0 saturated heterocycles. The Balaban J connectivity index is 1.96. The van der Waals surface area contributed by atoms with Gasteiger partial charge in [-0.05, 0) is 29.8 Å². The molecule has 2 heterocycles. The SMILES string of the molecule is Nn1c(SCc2ccncc2)nc2ccccc2c1=O. The second-order valence-electron chi connectivity index (χ2n) is 4.23. The third kappa shape index (κ3) is 2.37. The van der Waals surface area contributed by atoms with Crippen molar-refractivity contribution in [3.8, 4) is 0 Å². The first-order chi connectivity index (χ1) is 9.75. The molecule has 0 unspecified atom stereocenters. The molecule has 2 aromatic heterocycles. The van der Waals surface area contributed by atoms with Crippen molar-refractivity contribution in [1.29, 1.82) is 0 Å². The van der Waals surface area contributed by atoms with Gasteiger partial charge in [-0.15, -0.1) is 0 Å². The van der Waals surface area contributed by atoms with Gasteiger partial charge in [0.1, 0.15) is 0 Å². The minimum atomic E-state index is -0.229. The Kier molecular flexibility index (Phi) is 3.39. The standard InChI is InChI=1S/C14H12N4OS/c15-18-13(19)11-3-1-2-4-12(11)17-14(18)20-9-10-5-7-16-8-6-10/h1-8H,9,15H2. The van der Waals surface area contributed by atoms with Gasteiger partial charge in [0.2, 0.25) is 0 Å². The Labute approximate surface area is 119 Å². The topological polar surface area (TPSA) is 73.8 Å². The van der Waals surface area contributed by atoms with Crippen molar-refractivity contribution in [1.82, 2.24) is 14.6 Å². The van der Waals surface area contributed by atoms with Crippen molar-refractivity contribution in [3.63, 3.8) is 0 Å². The molecule has 0 aliphatic heterocycles. The lowest BCUT2D eigenvalue weighted by atomic mass is 10.2. The predicted octanol–water partition coefficient (Wildman–Crippen LogP) is 1.80. The van der Waals surface area contributed by atoms with Crippen molar-refractivity contribution < 1.29 is 0 Å². The summed E-state index contributed by atoms with van der Waals surface area (Å²) in [6.07, 6.45) is 3.47. The lowest BCUT2D eigenvalue weighted by Gasteiger charge is -2.08. The van der Waals surface area contributed by atoms with Gasteiger partial charge in [0.05, 0.1) is 10.9 Å². The van der Waals surface area contributed by atoms with E-state index < -0.39 is 0 Å². The number of benzene rings is 1. The summed E-state index contributed by atoms with van der Waals surface area (Å²) in [5.74, 6) is 6.51. The Morgan fingerprint density at radius 3 is 2.70 bits per heavy atom. The van der Waals surface area contributed by atoms with E-state index in [0.29, 0.717) is 21.8 Å². The van der Waals surface area contributed by atoms with Crippen LogP contribution >= 0.6 is 11.8 Å². The summed E-state index contributed by atoms with van der Waals surface area (Å²) < 4.78 is 1.11. The molecule has 100 valence electrons.